The Morgan fingerprint density at radius 2 is 1.84 bits per heavy atom. The van der Waals surface area contributed by atoms with Crippen molar-refractivity contribution in [3.63, 3.8) is 0 Å². The van der Waals surface area contributed by atoms with Gasteiger partial charge in [0, 0.05) is 38.1 Å². The molecule has 1 aromatic heterocycles. The first-order chi connectivity index (χ1) is 9.38. The van der Waals surface area contributed by atoms with Crippen molar-refractivity contribution >= 4 is 16.7 Å². The van der Waals surface area contributed by atoms with Gasteiger partial charge in [0.1, 0.15) is 12.1 Å². The average molecular weight is 258 g/mol. The van der Waals surface area contributed by atoms with Gasteiger partial charge in [-0.3, -0.25) is 4.90 Å². The van der Waals surface area contributed by atoms with Crippen LogP contribution in [0, 0.1) is 0 Å². The second-order valence-electron chi connectivity index (χ2n) is 4.77. The lowest BCUT2D eigenvalue weighted by atomic mass is 10.2. The molecule has 0 saturated carbocycles. The lowest BCUT2D eigenvalue weighted by Gasteiger charge is -2.35. The summed E-state index contributed by atoms with van der Waals surface area (Å²) in [5.41, 5.74) is 0.991. The highest BCUT2D eigenvalue weighted by molar-refractivity contribution is 5.89. The number of nitrogens with zero attached hydrogens (tertiary/aromatic N) is 4. The summed E-state index contributed by atoms with van der Waals surface area (Å²) in [6, 6.07) is 8.11. The largest absolute Gasteiger partial charge is 0.395 e. The minimum Gasteiger partial charge on any atom is -0.395 e. The fourth-order valence-electron chi connectivity index (χ4n) is 2.57. The summed E-state index contributed by atoms with van der Waals surface area (Å²) in [4.78, 5) is 13.3. The number of aliphatic hydroxyl groups excluding tert-OH is 1. The molecule has 0 bridgehead atoms. The number of benzene rings is 1. The summed E-state index contributed by atoms with van der Waals surface area (Å²) < 4.78 is 0. The SMILES string of the molecule is OCCN1CCN(c2ncnc3ccccc23)CC1. The number of fused-ring (bicyclic) bond motifs is 1. The van der Waals surface area contributed by atoms with E-state index in [-0.39, 0.29) is 6.61 Å². The number of hydrogen-bond acceptors (Lipinski definition) is 5. The molecule has 1 aromatic carbocycles. The van der Waals surface area contributed by atoms with Crippen molar-refractivity contribution in [3.05, 3.63) is 30.6 Å². The van der Waals surface area contributed by atoms with Crippen LogP contribution < -0.4 is 4.90 Å². The zero-order chi connectivity index (χ0) is 13.1. The van der Waals surface area contributed by atoms with Gasteiger partial charge in [-0.25, -0.2) is 9.97 Å². The molecule has 100 valence electrons. The molecule has 1 fully saturated rings. The quantitative estimate of drug-likeness (QED) is 0.880. The van der Waals surface area contributed by atoms with Crippen LogP contribution in [0.3, 0.4) is 0 Å². The highest BCUT2D eigenvalue weighted by Gasteiger charge is 2.19. The molecule has 1 aliphatic heterocycles. The van der Waals surface area contributed by atoms with Gasteiger partial charge in [0.15, 0.2) is 0 Å². The number of anilines is 1. The van der Waals surface area contributed by atoms with Crippen LogP contribution in [0.1, 0.15) is 0 Å². The molecule has 5 nitrogen and oxygen atoms in total. The number of aromatic nitrogens is 2. The molecule has 0 atom stereocenters. The second-order valence-corrected chi connectivity index (χ2v) is 4.77. The molecule has 0 radical (unpaired) electrons. The summed E-state index contributed by atoms with van der Waals surface area (Å²) in [7, 11) is 0. The Labute approximate surface area is 112 Å². The topological polar surface area (TPSA) is 52.5 Å². The van der Waals surface area contributed by atoms with E-state index in [1.165, 1.54) is 0 Å². The van der Waals surface area contributed by atoms with Gasteiger partial charge in [0.2, 0.25) is 0 Å². The summed E-state index contributed by atoms with van der Waals surface area (Å²) in [6.07, 6.45) is 1.64. The zero-order valence-corrected chi connectivity index (χ0v) is 10.9. The van der Waals surface area contributed by atoms with Crippen LogP contribution in [-0.2, 0) is 0 Å². The van der Waals surface area contributed by atoms with E-state index in [1.807, 2.05) is 18.2 Å². The minimum atomic E-state index is 0.233. The number of aliphatic hydroxyl groups is 1. The van der Waals surface area contributed by atoms with Gasteiger partial charge in [-0.15, -0.1) is 0 Å². The standard InChI is InChI=1S/C14H18N4O/c19-10-9-17-5-7-18(8-6-17)14-12-3-1-2-4-13(12)15-11-16-14/h1-4,11,19H,5-10H2. The van der Waals surface area contributed by atoms with Gasteiger partial charge in [-0.2, -0.15) is 0 Å². The Morgan fingerprint density at radius 3 is 2.63 bits per heavy atom. The van der Waals surface area contributed by atoms with Crippen LogP contribution >= 0.6 is 0 Å². The van der Waals surface area contributed by atoms with Gasteiger partial charge in [-0.1, -0.05) is 12.1 Å². The van der Waals surface area contributed by atoms with Crippen molar-refractivity contribution in [2.24, 2.45) is 0 Å². The van der Waals surface area contributed by atoms with Crippen molar-refractivity contribution in [3.8, 4) is 0 Å². The van der Waals surface area contributed by atoms with Crippen molar-refractivity contribution < 1.29 is 5.11 Å². The van der Waals surface area contributed by atoms with Crippen molar-refractivity contribution in [1.29, 1.82) is 0 Å². The predicted octanol–water partition coefficient (Wildman–Crippen LogP) is 0.744. The molecular weight excluding hydrogens is 240 g/mol. The van der Waals surface area contributed by atoms with Crippen LogP contribution in [-0.4, -0.2) is 59.3 Å². The van der Waals surface area contributed by atoms with E-state index in [4.69, 9.17) is 5.11 Å². The molecule has 2 heterocycles. The highest BCUT2D eigenvalue weighted by Crippen LogP contribution is 2.23. The molecule has 1 N–H and O–H groups in total. The molecule has 0 amide bonds. The third-order valence-corrected chi connectivity index (χ3v) is 3.61. The molecule has 1 saturated heterocycles. The van der Waals surface area contributed by atoms with Crippen LogP contribution in [0.25, 0.3) is 10.9 Å². The number of para-hydroxylation sites is 1. The maximum atomic E-state index is 8.97. The molecule has 0 unspecified atom stereocenters. The summed E-state index contributed by atoms with van der Waals surface area (Å²) in [5.74, 6) is 1.02. The van der Waals surface area contributed by atoms with Gasteiger partial charge in [-0.05, 0) is 12.1 Å². The van der Waals surface area contributed by atoms with E-state index in [1.54, 1.807) is 6.33 Å². The zero-order valence-electron chi connectivity index (χ0n) is 10.9. The van der Waals surface area contributed by atoms with E-state index in [9.17, 15) is 0 Å². The number of piperazine rings is 1. The normalized spacial score (nSPS) is 17.0. The maximum Gasteiger partial charge on any atom is 0.139 e. The second kappa shape index (κ2) is 5.50. The molecule has 0 spiro atoms. The van der Waals surface area contributed by atoms with E-state index in [2.05, 4.69) is 25.8 Å². The van der Waals surface area contributed by atoms with E-state index >= 15 is 0 Å². The summed E-state index contributed by atoms with van der Waals surface area (Å²) in [6.45, 7) is 4.83. The summed E-state index contributed by atoms with van der Waals surface area (Å²) in [5, 5.41) is 10.1. The minimum absolute atomic E-state index is 0.233. The van der Waals surface area contributed by atoms with Gasteiger partial charge in [0.25, 0.3) is 0 Å². The van der Waals surface area contributed by atoms with Crippen molar-refractivity contribution in [2.45, 2.75) is 0 Å². The monoisotopic (exact) mass is 258 g/mol. The Bertz CT molecular complexity index is 547. The molecule has 5 heteroatoms. The first-order valence-electron chi connectivity index (χ1n) is 6.66. The molecular formula is C14H18N4O. The highest BCUT2D eigenvalue weighted by atomic mass is 16.3. The van der Waals surface area contributed by atoms with Gasteiger partial charge < -0.3 is 10.0 Å². The molecule has 2 aromatic rings. The van der Waals surface area contributed by atoms with Gasteiger partial charge >= 0.3 is 0 Å². The summed E-state index contributed by atoms with van der Waals surface area (Å²) >= 11 is 0. The van der Waals surface area contributed by atoms with Gasteiger partial charge in [0.05, 0.1) is 12.1 Å². The Balaban J connectivity index is 1.82. The Hall–Kier alpha value is -1.72. The van der Waals surface area contributed by atoms with E-state index < -0.39 is 0 Å². The van der Waals surface area contributed by atoms with Crippen LogP contribution in [0.5, 0.6) is 0 Å². The predicted molar refractivity (Wildman–Crippen MR) is 75.3 cm³/mol. The molecule has 0 aliphatic carbocycles. The number of β-amino-alcohol motifs (C(OH)–C–C–N with tert-alkyl or cyclic N) is 1. The first kappa shape index (κ1) is 12.3. The van der Waals surface area contributed by atoms with Crippen LogP contribution in [0.2, 0.25) is 0 Å². The lowest BCUT2D eigenvalue weighted by molar-refractivity contribution is 0.188. The molecule has 1 aliphatic rings. The molecule has 3 rings (SSSR count). The fourth-order valence-corrected chi connectivity index (χ4v) is 2.57. The van der Waals surface area contributed by atoms with Crippen molar-refractivity contribution in [2.75, 3.05) is 44.2 Å². The number of rotatable bonds is 3. The maximum absolute atomic E-state index is 8.97. The smallest absolute Gasteiger partial charge is 0.139 e. The van der Waals surface area contributed by atoms with Crippen molar-refractivity contribution in [1.82, 2.24) is 14.9 Å². The third-order valence-electron chi connectivity index (χ3n) is 3.61. The Morgan fingerprint density at radius 1 is 1.05 bits per heavy atom. The lowest BCUT2D eigenvalue weighted by Crippen LogP contribution is -2.47. The van der Waals surface area contributed by atoms with Crippen LogP contribution in [0.4, 0.5) is 5.82 Å². The van der Waals surface area contributed by atoms with Crippen LogP contribution in [0.15, 0.2) is 30.6 Å². The Kier molecular flexibility index (Phi) is 3.57. The third kappa shape index (κ3) is 2.52. The first-order valence-corrected chi connectivity index (χ1v) is 6.66. The van der Waals surface area contributed by atoms with E-state index in [0.717, 1.165) is 49.4 Å². The number of hydrogen-bond donors (Lipinski definition) is 1. The average Bonchev–Trinajstić information content (AvgIpc) is 2.48. The van der Waals surface area contributed by atoms with E-state index in [0.29, 0.717) is 0 Å². The fraction of sp³-hybridized carbons (Fsp3) is 0.429. The molecule has 19 heavy (non-hydrogen) atoms.